The fourth-order valence-electron chi connectivity index (χ4n) is 3.87. The van der Waals surface area contributed by atoms with Gasteiger partial charge in [0.15, 0.2) is 5.82 Å². The highest BCUT2D eigenvalue weighted by Gasteiger charge is 2.24. The average Bonchev–Trinajstić information content (AvgIpc) is 3.40. The number of aromatic nitrogens is 4. The van der Waals surface area contributed by atoms with Crippen molar-refractivity contribution in [3.05, 3.63) is 90.3 Å². The molecule has 0 N–H and O–H groups in total. The zero-order valence-corrected chi connectivity index (χ0v) is 18.6. The number of carbonyl (C=O) groups is 1. The summed E-state index contributed by atoms with van der Waals surface area (Å²) >= 11 is 0. The topological polar surface area (TPSA) is 76.4 Å². The van der Waals surface area contributed by atoms with E-state index in [1.165, 1.54) is 12.1 Å². The molecule has 0 bridgehead atoms. The van der Waals surface area contributed by atoms with E-state index in [9.17, 15) is 9.18 Å². The van der Waals surface area contributed by atoms with E-state index in [0.717, 1.165) is 5.82 Å². The van der Waals surface area contributed by atoms with Crippen LogP contribution in [-0.2, 0) is 0 Å². The fourth-order valence-corrected chi connectivity index (χ4v) is 3.87. The molecule has 172 valence electrons. The number of amides is 1. The first kappa shape index (κ1) is 21.6. The lowest BCUT2D eigenvalue weighted by atomic mass is 10.1. The third kappa shape index (κ3) is 4.73. The van der Waals surface area contributed by atoms with Crippen molar-refractivity contribution in [1.82, 2.24) is 24.6 Å². The molecule has 1 amide bonds. The highest BCUT2D eigenvalue weighted by molar-refractivity contribution is 5.94. The van der Waals surface area contributed by atoms with Gasteiger partial charge in [-0.2, -0.15) is 5.10 Å². The van der Waals surface area contributed by atoms with Crippen molar-refractivity contribution in [2.45, 2.75) is 6.92 Å². The van der Waals surface area contributed by atoms with Crippen molar-refractivity contribution in [2.24, 2.45) is 0 Å². The number of halogens is 1. The van der Waals surface area contributed by atoms with Crippen molar-refractivity contribution < 1.29 is 13.9 Å². The van der Waals surface area contributed by atoms with Crippen LogP contribution >= 0.6 is 0 Å². The standard InChI is InChI=1S/C25H23FN6O2/c1-18-28-23(17-24(29-18)32-11-3-10-27-32)30-12-14-31(15-13-30)25(33)19-4-2-5-22(16-19)34-21-8-6-20(26)7-9-21/h2-11,16-17H,12-15H2,1H3. The molecular formula is C25H23FN6O2. The molecule has 2 aromatic carbocycles. The molecule has 8 nitrogen and oxygen atoms in total. The number of carbonyl (C=O) groups excluding carboxylic acids is 1. The van der Waals surface area contributed by atoms with Gasteiger partial charge in [0, 0.05) is 50.2 Å². The van der Waals surface area contributed by atoms with Crippen LogP contribution in [0.2, 0.25) is 0 Å². The molecule has 9 heteroatoms. The van der Waals surface area contributed by atoms with Gasteiger partial charge in [-0.3, -0.25) is 4.79 Å². The van der Waals surface area contributed by atoms with Crippen molar-refractivity contribution >= 4 is 11.7 Å². The summed E-state index contributed by atoms with van der Waals surface area (Å²) in [7, 11) is 0. The lowest BCUT2D eigenvalue weighted by Crippen LogP contribution is -2.49. The van der Waals surface area contributed by atoms with E-state index in [2.05, 4.69) is 20.0 Å². The van der Waals surface area contributed by atoms with Crippen LogP contribution in [0.15, 0.2) is 73.1 Å². The summed E-state index contributed by atoms with van der Waals surface area (Å²) in [5.41, 5.74) is 0.548. The SMILES string of the molecule is Cc1nc(N2CCN(C(=O)c3cccc(Oc4ccc(F)cc4)c3)CC2)cc(-n2cccn2)n1. The number of hydrogen-bond donors (Lipinski definition) is 0. The first-order chi connectivity index (χ1) is 16.5. The number of aryl methyl sites for hydroxylation is 1. The van der Waals surface area contributed by atoms with Crippen molar-refractivity contribution in [3.63, 3.8) is 0 Å². The summed E-state index contributed by atoms with van der Waals surface area (Å²) in [6, 6.07) is 16.6. The highest BCUT2D eigenvalue weighted by atomic mass is 19.1. The number of anilines is 1. The summed E-state index contributed by atoms with van der Waals surface area (Å²) in [5, 5.41) is 4.25. The molecule has 0 radical (unpaired) electrons. The van der Waals surface area contributed by atoms with Crippen LogP contribution in [0.4, 0.5) is 10.2 Å². The normalized spacial score (nSPS) is 13.7. The molecule has 1 aliphatic heterocycles. The van der Waals surface area contributed by atoms with Gasteiger partial charge in [-0.1, -0.05) is 6.07 Å². The van der Waals surface area contributed by atoms with E-state index in [0.29, 0.717) is 54.9 Å². The van der Waals surface area contributed by atoms with Gasteiger partial charge in [-0.25, -0.2) is 19.0 Å². The highest BCUT2D eigenvalue weighted by Crippen LogP contribution is 2.24. The summed E-state index contributed by atoms with van der Waals surface area (Å²) in [5.74, 6) is 2.85. The Balaban J connectivity index is 1.25. The molecule has 0 unspecified atom stereocenters. The van der Waals surface area contributed by atoms with Gasteiger partial charge in [0.25, 0.3) is 5.91 Å². The number of piperazine rings is 1. The van der Waals surface area contributed by atoms with Crippen LogP contribution in [0.5, 0.6) is 11.5 Å². The van der Waals surface area contributed by atoms with E-state index < -0.39 is 0 Å². The number of benzene rings is 2. The van der Waals surface area contributed by atoms with E-state index in [-0.39, 0.29) is 11.7 Å². The minimum atomic E-state index is -0.329. The van der Waals surface area contributed by atoms with Crippen molar-refractivity contribution in [3.8, 4) is 17.3 Å². The molecule has 3 heterocycles. The molecule has 4 aromatic rings. The number of hydrogen-bond acceptors (Lipinski definition) is 6. The van der Waals surface area contributed by atoms with Crippen LogP contribution < -0.4 is 9.64 Å². The molecule has 0 saturated carbocycles. The van der Waals surface area contributed by atoms with E-state index in [4.69, 9.17) is 4.74 Å². The molecule has 0 aliphatic carbocycles. The first-order valence-electron chi connectivity index (χ1n) is 11.0. The third-order valence-corrected chi connectivity index (χ3v) is 5.57. The maximum absolute atomic E-state index is 13.1. The largest absolute Gasteiger partial charge is 0.457 e. The summed E-state index contributed by atoms with van der Waals surface area (Å²) in [6.07, 6.45) is 3.55. The molecule has 2 aromatic heterocycles. The van der Waals surface area contributed by atoms with Gasteiger partial charge < -0.3 is 14.5 Å². The number of rotatable bonds is 5. The van der Waals surface area contributed by atoms with Gasteiger partial charge >= 0.3 is 0 Å². The summed E-state index contributed by atoms with van der Waals surface area (Å²) in [4.78, 5) is 26.1. The summed E-state index contributed by atoms with van der Waals surface area (Å²) in [6.45, 7) is 4.32. The molecule has 0 atom stereocenters. The maximum atomic E-state index is 13.1. The second-order valence-electron chi connectivity index (χ2n) is 7.95. The van der Waals surface area contributed by atoms with Gasteiger partial charge in [-0.15, -0.1) is 0 Å². The number of ether oxygens (including phenoxy) is 1. The van der Waals surface area contributed by atoms with E-state index >= 15 is 0 Å². The lowest BCUT2D eigenvalue weighted by Gasteiger charge is -2.35. The Morgan fingerprint density at radius 2 is 1.68 bits per heavy atom. The van der Waals surface area contributed by atoms with E-state index in [1.807, 2.05) is 30.2 Å². The predicted octanol–water partition coefficient (Wildman–Crippen LogP) is 3.86. The predicted molar refractivity (Wildman–Crippen MR) is 125 cm³/mol. The molecule has 1 saturated heterocycles. The smallest absolute Gasteiger partial charge is 0.254 e. The average molecular weight is 458 g/mol. The Bertz CT molecular complexity index is 1290. The minimum Gasteiger partial charge on any atom is -0.457 e. The maximum Gasteiger partial charge on any atom is 0.254 e. The second-order valence-corrected chi connectivity index (χ2v) is 7.95. The fraction of sp³-hybridized carbons (Fsp3) is 0.200. The van der Waals surface area contributed by atoms with Crippen LogP contribution in [-0.4, -0.2) is 56.7 Å². The van der Waals surface area contributed by atoms with Crippen LogP contribution in [0.1, 0.15) is 16.2 Å². The quantitative estimate of drug-likeness (QED) is 0.452. The summed E-state index contributed by atoms with van der Waals surface area (Å²) < 4.78 is 20.6. The Morgan fingerprint density at radius 3 is 2.41 bits per heavy atom. The van der Waals surface area contributed by atoms with Crippen LogP contribution in [0.25, 0.3) is 5.82 Å². The monoisotopic (exact) mass is 458 g/mol. The molecule has 5 rings (SSSR count). The van der Waals surface area contributed by atoms with Gasteiger partial charge in [0.2, 0.25) is 0 Å². The Morgan fingerprint density at radius 1 is 0.912 bits per heavy atom. The van der Waals surface area contributed by atoms with Gasteiger partial charge in [-0.05, 0) is 55.5 Å². The molecule has 34 heavy (non-hydrogen) atoms. The van der Waals surface area contributed by atoms with Gasteiger partial charge in [0.05, 0.1) is 0 Å². The zero-order valence-electron chi connectivity index (χ0n) is 18.6. The van der Waals surface area contributed by atoms with Crippen LogP contribution in [0, 0.1) is 12.7 Å². The number of nitrogens with zero attached hydrogens (tertiary/aromatic N) is 6. The molecule has 1 aliphatic rings. The Labute approximate surface area is 196 Å². The van der Waals surface area contributed by atoms with Crippen molar-refractivity contribution in [2.75, 3.05) is 31.1 Å². The lowest BCUT2D eigenvalue weighted by molar-refractivity contribution is 0.0746. The third-order valence-electron chi connectivity index (χ3n) is 5.57. The zero-order chi connectivity index (χ0) is 23.5. The van der Waals surface area contributed by atoms with Crippen LogP contribution in [0.3, 0.4) is 0 Å². The molecular weight excluding hydrogens is 435 g/mol. The van der Waals surface area contributed by atoms with E-state index in [1.54, 1.807) is 47.3 Å². The first-order valence-corrected chi connectivity index (χ1v) is 11.0. The van der Waals surface area contributed by atoms with Gasteiger partial charge in [0.1, 0.15) is 29.0 Å². The molecule has 1 fully saturated rings. The Hall–Kier alpha value is -4.27. The molecule has 0 spiro atoms. The Kier molecular flexibility index (Phi) is 5.90. The minimum absolute atomic E-state index is 0.0553. The second kappa shape index (κ2) is 9.30. The van der Waals surface area contributed by atoms with Crippen molar-refractivity contribution in [1.29, 1.82) is 0 Å².